The summed E-state index contributed by atoms with van der Waals surface area (Å²) in [6.07, 6.45) is 5.93. The lowest BCUT2D eigenvalue weighted by molar-refractivity contribution is 0.890. The van der Waals surface area contributed by atoms with E-state index in [9.17, 15) is 0 Å². The standard InChI is InChI=1S/C9H7N/c1-10-7-6-8-4-2-3-5-9(8)10/h2,4,6-7H,1H3. The summed E-state index contributed by atoms with van der Waals surface area (Å²) in [5, 5.41) is 2.34. The van der Waals surface area contributed by atoms with E-state index in [1.807, 2.05) is 30.0 Å². The molecule has 0 atom stereocenters. The fourth-order valence-electron chi connectivity index (χ4n) is 1.09. The molecule has 0 N–H and O–H groups in total. The van der Waals surface area contributed by atoms with Crippen LogP contribution in [0.5, 0.6) is 0 Å². The highest BCUT2D eigenvalue weighted by molar-refractivity contribution is 5.42. The number of hydrogen-bond acceptors (Lipinski definition) is 0. The summed E-state index contributed by atoms with van der Waals surface area (Å²) >= 11 is 0. The molecule has 1 nitrogen and oxygen atoms in total. The summed E-state index contributed by atoms with van der Waals surface area (Å²) in [6.45, 7) is 0. The Kier molecular flexibility index (Phi) is 0.956. The third-order valence-corrected chi connectivity index (χ3v) is 1.64. The van der Waals surface area contributed by atoms with Gasteiger partial charge in [-0.1, -0.05) is 5.73 Å². The monoisotopic (exact) mass is 129 g/mol. The molecule has 1 heterocycles. The Hall–Kier alpha value is -1.42. The van der Waals surface area contributed by atoms with Crippen molar-refractivity contribution < 1.29 is 0 Å². The topological polar surface area (TPSA) is 4.93 Å². The van der Waals surface area contributed by atoms with Crippen molar-refractivity contribution in [3.05, 3.63) is 34.6 Å². The maximum Gasteiger partial charge on any atom is 0.0994 e. The van der Waals surface area contributed by atoms with E-state index < -0.39 is 0 Å². The molecule has 1 aromatic rings. The van der Waals surface area contributed by atoms with Crippen LogP contribution in [-0.2, 0) is 7.05 Å². The molecule has 0 amide bonds. The van der Waals surface area contributed by atoms with E-state index >= 15 is 0 Å². The van der Waals surface area contributed by atoms with E-state index in [0.29, 0.717) is 0 Å². The maximum absolute atomic E-state index is 3.04. The number of aromatic nitrogens is 1. The Morgan fingerprint density at radius 3 is 3.20 bits per heavy atom. The highest BCUT2D eigenvalue weighted by Crippen LogP contribution is 1.75. The average Bonchev–Trinajstić information content (AvgIpc) is 2.34. The SMILES string of the molecule is Cn1ccc2c1=C=C=CC=2. The van der Waals surface area contributed by atoms with Gasteiger partial charge in [0.2, 0.25) is 0 Å². The van der Waals surface area contributed by atoms with Gasteiger partial charge in [0.1, 0.15) is 0 Å². The minimum atomic E-state index is 1.11. The van der Waals surface area contributed by atoms with Crippen LogP contribution in [-0.4, -0.2) is 4.57 Å². The molecule has 1 aromatic heterocycles. The van der Waals surface area contributed by atoms with Gasteiger partial charge in [0.25, 0.3) is 0 Å². The minimum absolute atomic E-state index is 1.11. The van der Waals surface area contributed by atoms with Crippen LogP contribution in [0.15, 0.2) is 24.1 Å². The van der Waals surface area contributed by atoms with Gasteiger partial charge in [-0.2, -0.15) is 0 Å². The predicted molar refractivity (Wildman–Crippen MR) is 40.6 cm³/mol. The van der Waals surface area contributed by atoms with Gasteiger partial charge in [-0.3, -0.25) is 0 Å². The van der Waals surface area contributed by atoms with Gasteiger partial charge in [0.15, 0.2) is 0 Å². The number of fused-ring (bicyclic) bond motifs is 1. The molecule has 0 aliphatic heterocycles. The molecule has 0 saturated heterocycles. The van der Waals surface area contributed by atoms with Crippen LogP contribution >= 0.6 is 0 Å². The van der Waals surface area contributed by atoms with Crippen LogP contribution in [0.3, 0.4) is 0 Å². The first-order valence-electron chi connectivity index (χ1n) is 3.21. The molecule has 0 bridgehead atoms. The smallest absolute Gasteiger partial charge is 0.0994 e. The second kappa shape index (κ2) is 1.78. The van der Waals surface area contributed by atoms with Crippen LogP contribution in [0.2, 0.25) is 0 Å². The number of aryl methyl sites for hydroxylation is 1. The summed E-state index contributed by atoms with van der Waals surface area (Å²) in [7, 11) is 2.01. The molecule has 1 aliphatic carbocycles. The summed E-state index contributed by atoms with van der Waals surface area (Å²) in [5.41, 5.74) is 5.95. The van der Waals surface area contributed by atoms with E-state index in [1.165, 1.54) is 5.22 Å². The first kappa shape index (κ1) is 5.37. The highest BCUT2D eigenvalue weighted by atomic mass is 14.9. The van der Waals surface area contributed by atoms with Gasteiger partial charge < -0.3 is 4.57 Å². The lowest BCUT2D eigenvalue weighted by Gasteiger charge is -1.85. The molecule has 0 unspecified atom stereocenters. The van der Waals surface area contributed by atoms with Crippen molar-refractivity contribution in [2.24, 2.45) is 7.05 Å². The predicted octanol–water partition coefficient (Wildman–Crippen LogP) is -0.0901. The van der Waals surface area contributed by atoms with Crippen molar-refractivity contribution in [3.63, 3.8) is 0 Å². The Morgan fingerprint density at radius 2 is 2.40 bits per heavy atom. The number of hydrogen-bond donors (Lipinski definition) is 0. The molecule has 10 heavy (non-hydrogen) atoms. The summed E-state index contributed by atoms with van der Waals surface area (Å²) in [6, 6.07) is 2.07. The van der Waals surface area contributed by atoms with Crippen LogP contribution in [0, 0.1) is 0 Å². The largest absolute Gasteiger partial charge is 0.344 e. The van der Waals surface area contributed by atoms with Crippen molar-refractivity contribution in [3.8, 4) is 0 Å². The lowest BCUT2D eigenvalue weighted by Crippen LogP contribution is -2.26. The molecule has 1 heteroatoms. The first-order valence-corrected chi connectivity index (χ1v) is 3.21. The number of allylic oxidation sites excluding steroid dienone is 1. The Morgan fingerprint density at radius 1 is 1.50 bits per heavy atom. The van der Waals surface area contributed by atoms with Crippen molar-refractivity contribution in [2.45, 2.75) is 0 Å². The fraction of sp³-hybridized carbons (Fsp3) is 0.111. The molecule has 0 aromatic carbocycles. The van der Waals surface area contributed by atoms with Gasteiger partial charge >= 0.3 is 0 Å². The van der Waals surface area contributed by atoms with Gasteiger partial charge in [-0.25, -0.2) is 0 Å². The molecular formula is C9H7N. The summed E-state index contributed by atoms with van der Waals surface area (Å²) in [4.78, 5) is 0. The van der Waals surface area contributed by atoms with Crippen LogP contribution < -0.4 is 10.6 Å². The second-order valence-corrected chi connectivity index (χ2v) is 2.33. The van der Waals surface area contributed by atoms with E-state index in [2.05, 4.69) is 17.5 Å². The third kappa shape index (κ3) is 0.593. The van der Waals surface area contributed by atoms with Crippen molar-refractivity contribution in [2.75, 3.05) is 0 Å². The normalized spacial score (nSPS) is 12.1. The molecule has 2 rings (SSSR count). The van der Waals surface area contributed by atoms with E-state index in [1.54, 1.807) is 0 Å². The summed E-state index contributed by atoms with van der Waals surface area (Å²) < 4.78 is 2.03. The molecular weight excluding hydrogens is 122 g/mol. The molecule has 0 spiro atoms. The van der Waals surface area contributed by atoms with Crippen molar-refractivity contribution >= 4 is 11.8 Å². The quantitative estimate of drug-likeness (QED) is 0.431. The third-order valence-electron chi connectivity index (χ3n) is 1.64. The zero-order valence-electron chi connectivity index (χ0n) is 5.76. The van der Waals surface area contributed by atoms with Crippen molar-refractivity contribution in [1.82, 2.24) is 4.57 Å². The van der Waals surface area contributed by atoms with E-state index in [4.69, 9.17) is 0 Å². The van der Waals surface area contributed by atoms with Crippen LogP contribution in [0.1, 0.15) is 0 Å². The van der Waals surface area contributed by atoms with Crippen LogP contribution in [0.25, 0.3) is 11.8 Å². The van der Waals surface area contributed by atoms with Crippen LogP contribution in [0.4, 0.5) is 0 Å². The maximum atomic E-state index is 3.04. The van der Waals surface area contributed by atoms with E-state index in [-0.39, 0.29) is 0 Å². The molecule has 0 radical (unpaired) electrons. The molecule has 48 valence electrons. The Balaban J connectivity index is 3.18. The molecule has 0 fully saturated rings. The van der Waals surface area contributed by atoms with Gasteiger partial charge in [0, 0.05) is 18.5 Å². The Bertz CT molecular complexity index is 436. The number of nitrogens with zero attached hydrogens (tertiary/aromatic N) is 1. The van der Waals surface area contributed by atoms with E-state index in [0.717, 1.165) is 5.35 Å². The second-order valence-electron chi connectivity index (χ2n) is 2.33. The molecule has 1 aliphatic rings. The molecule has 0 saturated carbocycles. The zero-order valence-corrected chi connectivity index (χ0v) is 5.76. The number of rotatable bonds is 0. The Labute approximate surface area is 58.9 Å². The average molecular weight is 129 g/mol. The highest BCUT2D eigenvalue weighted by Gasteiger charge is 1.88. The van der Waals surface area contributed by atoms with Gasteiger partial charge in [-0.05, 0) is 23.9 Å². The van der Waals surface area contributed by atoms with Gasteiger partial charge in [-0.15, -0.1) is 0 Å². The minimum Gasteiger partial charge on any atom is -0.344 e. The first-order chi connectivity index (χ1) is 4.88. The lowest BCUT2D eigenvalue weighted by atomic mass is 10.3. The zero-order chi connectivity index (χ0) is 6.97. The summed E-state index contributed by atoms with van der Waals surface area (Å²) in [5.74, 6) is 0. The fourth-order valence-corrected chi connectivity index (χ4v) is 1.09. The van der Waals surface area contributed by atoms with Crippen molar-refractivity contribution in [1.29, 1.82) is 0 Å². The van der Waals surface area contributed by atoms with Gasteiger partial charge in [0.05, 0.1) is 5.35 Å².